The van der Waals surface area contributed by atoms with Gasteiger partial charge in [-0.3, -0.25) is 9.59 Å². The molecule has 6 nitrogen and oxygen atoms in total. The maximum absolute atomic E-state index is 13.2. The Labute approximate surface area is 361 Å². The molecule has 0 fully saturated rings. The molecule has 3 N–H and O–H groups in total. The Kier molecular flexibility index (Phi) is 45.1. The third kappa shape index (κ3) is 41.1. The number of rotatable bonds is 46. The van der Waals surface area contributed by atoms with Crippen molar-refractivity contribution < 1.29 is 24.5 Å². The van der Waals surface area contributed by atoms with Crippen molar-refractivity contribution in [2.45, 2.75) is 289 Å². The quantitative estimate of drug-likeness (QED) is 0.0323. The monoisotopic (exact) mass is 818 g/mol. The van der Waals surface area contributed by atoms with E-state index in [1.165, 1.54) is 167 Å². The van der Waals surface area contributed by atoms with Gasteiger partial charge in [0.2, 0.25) is 5.91 Å². The first-order valence-corrected chi connectivity index (χ1v) is 25.6. The second-order valence-electron chi connectivity index (χ2n) is 17.6. The van der Waals surface area contributed by atoms with Crippen molar-refractivity contribution in [2.75, 3.05) is 6.61 Å². The summed E-state index contributed by atoms with van der Waals surface area (Å²) in [6, 6.07) is -0.710. The number of carbonyl (C=O) groups is 2. The first-order valence-electron chi connectivity index (χ1n) is 25.6. The van der Waals surface area contributed by atoms with Gasteiger partial charge in [0, 0.05) is 6.42 Å². The van der Waals surface area contributed by atoms with E-state index in [1.54, 1.807) is 0 Å². The van der Waals surface area contributed by atoms with Crippen molar-refractivity contribution in [1.82, 2.24) is 5.32 Å². The van der Waals surface area contributed by atoms with Gasteiger partial charge in [0.1, 0.15) is 6.10 Å². The molecular formula is C52H99NO5. The molecule has 342 valence electrons. The van der Waals surface area contributed by atoms with Gasteiger partial charge in [-0.05, 0) is 44.9 Å². The van der Waals surface area contributed by atoms with Crippen molar-refractivity contribution >= 4 is 11.9 Å². The molecule has 3 unspecified atom stereocenters. The summed E-state index contributed by atoms with van der Waals surface area (Å²) in [5.41, 5.74) is 0. The number of amides is 1. The predicted molar refractivity (Wildman–Crippen MR) is 250 cm³/mol. The Bertz CT molecular complexity index is 919. The molecule has 58 heavy (non-hydrogen) atoms. The van der Waals surface area contributed by atoms with Gasteiger partial charge >= 0.3 is 5.97 Å². The second kappa shape index (κ2) is 46.4. The van der Waals surface area contributed by atoms with E-state index in [1.807, 2.05) is 0 Å². The summed E-state index contributed by atoms with van der Waals surface area (Å²) in [6.45, 7) is 6.47. The molecule has 0 aromatic carbocycles. The lowest BCUT2D eigenvalue weighted by Gasteiger charge is -2.24. The van der Waals surface area contributed by atoms with E-state index in [0.29, 0.717) is 19.3 Å². The molecular weight excluding hydrogens is 719 g/mol. The fraction of sp³-hybridized carbons (Fsp3) is 0.885. The van der Waals surface area contributed by atoms with E-state index in [0.717, 1.165) is 57.8 Å². The smallest absolute Gasteiger partial charge is 0.306 e. The highest BCUT2D eigenvalue weighted by Crippen LogP contribution is 2.17. The van der Waals surface area contributed by atoms with Crippen molar-refractivity contribution in [3.05, 3.63) is 24.3 Å². The van der Waals surface area contributed by atoms with Gasteiger partial charge in [-0.15, -0.1) is 0 Å². The third-order valence-corrected chi connectivity index (χ3v) is 11.8. The van der Waals surface area contributed by atoms with E-state index in [-0.39, 0.29) is 24.9 Å². The van der Waals surface area contributed by atoms with Crippen molar-refractivity contribution in [2.24, 2.45) is 0 Å². The van der Waals surface area contributed by atoms with Crippen LogP contribution in [0.2, 0.25) is 0 Å². The normalized spacial score (nSPS) is 13.4. The SMILES string of the molecule is CCCCCCCCC/C=C/C=C/CCCC(CC(=O)NC(CO)C(O)CCCCCCCCCCCC)OC(=O)CCCCCCCCCCCCCCCCC. The molecule has 0 saturated heterocycles. The van der Waals surface area contributed by atoms with Crippen molar-refractivity contribution in [3.8, 4) is 0 Å². The predicted octanol–water partition coefficient (Wildman–Crippen LogP) is 15.1. The van der Waals surface area contributed by atoms with Gasteiger partial charge in [-0.2, -0.15) is 0 Å². The van der Waals surface area contributed by atoms with Crippen molar-refractivity contribution in [3.63, 3.8) is 0 Å². The number of hydrogen-bond acceptors (Lipinski definition) is 5. The summed E-state index contributed by atoms with van der Waals surface area (Å²) in [6.07, 6.45) is 52.4. The van der Waals surface area contributed by atoms with E-state index < -0.39 is 18.2 Å². The maximum atomic E-state index is 13.2. The average molecular weight is 818 g/mol. The van der Waals surface area contributed by atoms with Crippen LogP contribution in [-0.2, 0) is 14.3 Å². The Balaban J connectivity index is 4.61. The number of ether oxygens (including phenoxy) is 1. The molecule has 0 aliphatic carbocycles. The fourth-order valence-corrected chi connectivity index (χ4v) is 7.90. The zero-order valence-corrected chi connectivity index (χ0v) is 38.9. The highest BCUT2D eigenvalue weighted by atomic mass is 16.5. The van der Waals surface area contributed by atoms with E-state index in [2.05, 4.69) is 50.4 Å². The Morgan fingerprint density at radius 2 is 0.879 bits per heavy atom. The molecule has 0 bridgehead atoms. The van der Waals surface area contributed by atoms with Gasteiger partial charge in [-0.1, -0.05) is 238 Å². The number of carbonyl (C=O) groups excluding carboxylic acids is 2. The highest BCUT2D eigenvalue weighted by Gasteiger charge is 2.24. The number of aliphatic hydroxyl groups is 2. The highest BCUT2D eigenvalue weighted by molar-refractivity contribution is 5.77. The molecule has 0 aliphatic rings. The molecule has 0 aromatic rings. The second-order valence-corrected chi connectivity index (χ2v) is 17.6. The largest absolute Gasteiger partial charge is 0.462 e. The standard InChI is InChI=1S/C52H99NO5/c1-4-7-10-13-16-19-22-24-26-28-30-33-36-39-42-45-52(57)58-48(43-40-37-34-31-29-27-25-23-20-17-14-11-8-5-2)46-51(56)53-49(47-54)50(55)44-41-38-35-32-21-18-15-12-9-6-3/h27,29,31,34,48-50,54-55H,4-26,28,30,32-33,35-47H2,1-3H3,(H,53,56)/b29-27+,34-31+. The summed E-state index contributed by atoms with van der Waals surface area (Å²) in [5.74, 6) is -0.508. The first kappa shape index (κ1) is 56.3. The molecule has 1 amide bonds. The van der Waals surface area contributed by atoms with Gasteiger partial charge in [0.05, 0.1) is 25.2 Å². The Morgan fingerprint density at radius 1 is 0.500 bits per heavy atom. The number of esters is 1. The maximum Gasteiger partial charge on any atom is 0.306 e. The van der Waals surface area contributed by atoms with Crippen LogP contribution in [0.1, 0.15) is 271 Å². The lowest BCUT2D eigenvalue weighted by Crippen LogP contribution is -2.46. The van der Waals surface area contributed by atoms with Gasteiger partial charge in [0.25, 0.3) is 0 Å². The van der Waals surface area contributed by atoms with Gasteiger partial charge < -0.3 is 20.3 Å². The third-order valence-electron chi connectivity index (χ3n) is 11.8. The van der Waals surface area contributed by atoms with Gasteiger partial charge in [0.15, 0.2) is 0 Å². The number of aliphatic hydroxyl groups excluding tert-OH is 2. The molecule has 6 heteroatoms. The number of allylic oxidation sites excluding steroid dienone is 4. The van der Waals surface area contributed by atoms with Crippen LogP contribution in [0, 0.1) is 0 Å². The molecule has 3 atom stereocenters. The van der Waals surface area contributed by atoms with Crippen LogP contribution in [0.3, 0.4) is 0 Å². The van der Waals surface area contributed by atoms with Crippen LogP contribution in [0.4, 0.5) is 0 Å². The van der Waals surface area contributed by atoms with Crippen LogP contribution >= 0.6 is 0 Å². The van der Waals surface area contributed by atoms with E-state index in [9.17, 15) is 19.8 Å². The Hall–Kier alpha value is -1.66. The summed E-state index contributed by atoms with van der Waals surface area (Å²) < 4.78 is 5.91. The lowest BCUT2D eigenvalue weighted by atomic mass is 10.0. The summed E-state index contributed by atoms with van der Waals surface area (Å²) in [5, 5.41) is 23.7. The fourth-order valence-electron chi connectivity index (χ4n) is 7.90. The zero-order valence-electron chi connectivity index (χ0n) is 38.9. The van der Waals surface area contributed by atoms with Crippen LogP contribution < -0.4 is 5.32 Å². The molecule has 0 radical (unpaired) electrons. The van der Waals surface area contributed by atoms with Crippen LogP contribution in [0.15, 0.2) is 24.3 Å². The lowest BCUT2D eigenvalue weighted by molar-refractivity contribution is -0.151. The minimum absolute atomic E-state index is 0.0497. The zero-order chi connectivity index (χ0) is 42.4. The average Bonchev–Trinajstić information content (AvgIpc) is 3.22. The minimum atomic E-state index is -0.793. The van der Waals surface area contributed by atoms with Crippen LogP contribution in [0.25, 0.3) is 0 Å². The molecule has 0 spiro atoms. The van der Waals surface area contributed by atoms with Crippen LogP contribution in [0.5, 0.6) is 0 Å². The molecule has 0 aliphatic heterocycles. The summed E-state index contributed by atoms with van der Waals surface area (Å²) in [4.78, 5) is 26.1. The summed E-state index contributed by atoms with van der Waals surface area (Å²) in [7, 11) is 0. The van der Waals surface area contributed by atoms with E-state index >= 15 is 0 Å². The van der Waals surface area contributed by atoms with Gasteiger partial charge in [-0.25, -0.2) is 0 Å². The van der Waals surface area contributed by atoms with Crippen molar-refractivity contribution in [1.29, 1.82) is 0 Å². The van der Waals surface area contributed by atoms with Crippen LogP contribution in [-0.4, -0.2) is 46.9 Å². The minimum Gasteiger partial charge on any atom is -0.462 e. The Morgan fingerprint density at radius 3 is 1.31 bits per heavy atom. The number of hydrogen-bond donors (Lipinski definition) is 3. The topological polar surface area (TPSA) is 95.9 Å². The van der Waals surface area contributed by atoms with E-state index in [4.69, 9.17) is 4.74 Å². The first-order chi connectivity index (χ1) is 28.5. The molecule has 0 heterocycles. The number of unbranched alkanes of at least 4 members (excludes halogenated alkanes) is 31. The summed E-state index contributed by atoms with van der Waals surface area (Å²) >= 11 is 0. The molecule has 0 rings (SSSR count). The molecule has 0 saturated carbocycles. The molecule has 0 aromatic heterocycles. The number of nitrogens with one attached hydrogen (secondary N) is 1.